The van der Waals surface area contributed by atoms with Crippen LogP contribution >= 0.6 is 11.6 Å². The molecule has 0 aliphatic carbocycles. The Bertz CT molecular complexity index is 1000. The molecule has 0 atom stereocenters. The molecule has 0 amide bonds. The number of hydrogen-bond donors (Lipinski definition) is 0. The molecule has 0 bridgehead atoms. The van der Waals surface area contributed by atoms with E-state index in [2.05, 4.69) is 4.99 Å². The Hall–Kier alpha value is -2.91. The van der Waals surface area contributed by atoms with Gasteiger partial charge in [-0.15, -0.1) is 0 Å². The third-order valence-corrected chi connectivity index (χ3v) is 4.04. The molecule has 3 nitrogen and oxygen atoms in total. The number of cyclic esters (lactones) is 1. The van der Waals surface area contributed by atoms with Crippen LogP contribution in [0.3, 0.4) is 0 Å². The maximum atomic E-state index is 12.1. The van der Waals surface area contributed by atoms with Gasteiger partial charge in [0.1, 0.15) is 0 Å². The fourth-order valence-corrected chi connectivity index (χ4v) is 2.71. The van der Waals surface area contributed by atoms with E-state index in [0.717, 1.165) is 21.9 Å². The van der Waals surface area contributed by atoms with Crippen molar-refractivity contribution in [2.45, 2.75) is 0 Å². The van der Waals surface area contributed by atoms with E-state index in [0.29, 0.717) is 10.9 Å². The van der Waals surface area contributed by atoms with Crippen LogP contribution in [-0.2, 0) is 9.53 Å². The van der Waals surface area contributed by atoms with Gasteiger partial charge < -0.3 is 4.74 Å². The zero-order valence-corrected chi connectivity index (χ0v) is 13.3. The minimum Gasteiger partial charge on any atom is -0.402 e. The summed E-state index contributed by atoms with van der Waals surface area (Å²) in [7, 11) is 0. The Balaban J connectivity index is 1.70. The topological polar surface area (TPSA) is 38.7 Å². The number of esters is 1. The number of hydrogen-bond acceptors (Lipinski definition) is 3. The predicted molar refractivity (Wildman–Crippen MR) is 96.0 cm³/mol. The Labute approximate surface area is 143 Å². The van der Waals surface area contributed by atoms with Gasteiger partial charge in [0.15, 0.2) is 5.70 Å². The van der Waals surface area contributed by atoms with Crippen LogP contribution in [0, 0.1) is 0 Å². The third-order valence-electron chi connectivity index (χ3n) is 3.79. The summed E-state index contributed by atoms with van der Waals surface area (Å²) in [6.07, 6.45) is 1.73. The van der Waals surface area contributed by atoms with E-state index in [4.69, 9.17) is 16.3 Å². The molecule has 4 rings (SSSR count). The highest BCUT2D eigenvalue weighted by Crippen LogP contribution is 2.22. The number of fused-ring (bicyclic) bond motifs is 1. The lowest BCUT2D eigenvalue weighted by Gasteiger charge is -1.99. The fraction of sp³-hybridized carbons (Fsp3) is 0. The van der Waals surface area contributed by atoms with Crippen LogP contribution in [0.1, 0.15) is 11.1 Å². The monoisotopic (exact) mass is 333 g/mol. The number of carbonyl (C=O) groups is 1. The molecule has 1 heterocycles. The van der Waals surface area contributed by atoms with Crippen LogP contribution in [0.15, 0.2) is 77.4 Å². The van der Waals surface area contributed by atoms with Gasteiger partial charge >= 0.3 is 5.97 Å². The Morgan fingerprint density at radius 3 is 2.46 bits per heavy atom. The lowest BCUT2D eigenvalue weighted by molar-refractivity contribution is -0.129. The highest BCUT2D eigenvalue weighted by Gasteiger charge is 2.24. The maximum absolute atomic E-state index is 12.1. The van der Waals surface area contributed by atoms with E-state index in [1.807, 2.05) is 42.5 Å². The molecule has 1 aliphatic rings. The second-order valence-corrected chi connectivity index (χ2v) is 5.89. The third kappa shape index (κ3) is 2.82. The minimum atomic E-state index is -0.451. The first-order valence-electron chi connectivity index (χ1n) is 7.46. The van der Waals surface area contributed by atoms with Gasteiger partial charge in [-0.3, -0.25) is 0 Å². The Morgan fingerprint density at radius 2 is 1.67 bits per heavy atom. The number of nitrogens with zero attached hydrogens (tertiary/aromatic N) is 1. The lowest BCUT2D eigenvalue weighted by Crippen LogP contribution is -2.05. The predicted octanol–water partition coefficient (Wildman–Crippen LogP) is 4.84. The number of aliphatic imine (C=N–C) groups is 1. The largest absolute Gasteiger partial charge is 0.402 e. The lowest BCUT2D eigenvalue weighted by atomic mass is 10.1. The standard InChI is InChI=1S/C20H12ClNO2/c21-17-9-7-15(8-10-17)19-22-18(20(23)24-19)12-13-5-6-14-3-1-2-4-16(14)11-13/h1-12H/b18-12+. The van der Waals surface area contributed by atoms with Crippen LogP contribution in [0.5, 0.6) is 0 Å². The number of rotatable bonds is 2. The summed E-state index contributed by atoms with van der Waals surface area (Å²) in [6, 6.07) is 21.1. The molecule has 0 radical (unpaired) electrons. The Morgan fingerprint density at radius 1 is 0.917 bits per heavy atom. The van der Waals surface area contributed by atoms with Crippen LogP contribution in [0.2, 0.25) is 5.02 Å². The average molecular weight is 334 g/mol. The summed E-state index contributed by atoms with van der Waals surface area (Å²) in [4.78, 5) is 16.4. The summed E-state index contributed by atoms with van der Waals surface area (Å²) >= 11 is 5.87. The molecule has 3 aromatic carbocycles. The quantitative estimate of drug-likeness (QED) is 0.497. The van der Waals surface area contributed by atoms with Crippen molar-refractivity contribution in [1.82, 2.24) is 0 Å². The first-order valence-corrected chi connectivity index (χ1v) is 7.84. The van der Waals surface area contributed by atoms with Gasteiger partial charge in [0.05, 0.1) is 0 Å². The van der Waals surface area contributed by atoms with Gasteiger partial charge in [-0.1, -0.05) is 48.0 Å². The van der Waals surface area contributed by atoms with E-state index in [9.17, 15) is 4.79 Å². The minimum absolute atomic E-state index is 0.287. The smallest absolute Gasteiger partial charge is 0.363 e. The van der Waals surface area contributed by atoms with Crippen molar-refractivity contribution in [1.29, 1.82) is 0 Å². The van der Waals surface area contributed by atoms with Gasteiger partial charge in [0.25, 0.3) is 0 Å². The highest BCUT2D eigenvalue weighted by molar-refractivity contribution is 6.30. The molecule has 0 saturated carbocycles. The van der Waals surface area contributed by atoms with Crippen LogP contribution in [-0.4, -0.2) is 11.9 Å². The van der Waals surface area contributed by atoms with Gasteiger partial charge in [0, 0.05) is 10.6 Å². The van der Waals surface area contributed by atoms with Crippen molar-refractivity contribution in [2.75, 3.05) is 0 Å². The summed E-state index contributed by atoms with van der Waals surface area (Å²) in [5, 5.41) is 2.88. The number of benzene rings is 3. The van der Waals surface area contributed by atoms with Gasteiger partial charge in [-0.05, 0) is 52.7 Å². The summed E-state index contributed by atoms with van der Waals surface area (Å²) in [5.41, 5.74) is 1.91. The second-order valence-electron chi connectivity index (χ2n) is 5.45. The van der Waals surface area contributed by atoms with E-state index in [1.165, 1.54) is 0 Å². The molecule has 4 heteroatoms. The van der Waals surface area contributed by atoms with Crippen LogP contribution in [0.25, 0.3) is 16.8 Å². The fourth-order valence-electron chi connectivity index (χ4n) is 2.58. The van der Waals surface area contributed by atoms with E-state index in [1.54, 1.807) is 30.3 Å². The highest BCUT2D eigenvalue weighted by atomic mass is 35.5. The van der Waals surface area contributed by atoms with E-state index >= 15 is 0 Å². The van der Waals surface area contributed by atoms with E-state index < -0.39 is 5.97 Å². The zero-order chi connectivity index (χ0) is 16.5. The number of ether oxygens (including phenoxy) is 1. The first kappa shape index (κ1) is 14.7. The molecular weight excluding hydrogens is 322 g/mol. The molecule has 0 unspecified atom stereocenters. The number of carbonyl (C=O) groups excluding carboxylic acids is 1. The summed E-state index contributed by atoms with van der Waals surface area (Å²) in [5.74, 6) is -0.156. The average Bonchev–Trinajstić information content (AvgIpc) is 2.96. The second kappa shape index (κ2) is 5.95. The molecule has 24 heavy (non-hydrogen) atoms. The van der Waals surface area contributed by atoms with Crippen molar-refractivity contribution in [2.24, 2.45) is 4.99 Å². The SMILES string of the molecule is O=C1OC(c2ccc(Cl)cc2)=N/C1=C/c1ccc2ccccc2c1. The van der Waals surface area contributed by atoms with Gasteiger partial charge in [-0.2, -0.15) is 0 Å². The van der Waals surface area contributed by atoms with Crippen LogP contribution in [0.4, 0.5) is 0 Å². The van der Waals surface area contributed by atoms with Crippen molar-refractivity contribution >= 4 is 40.3 Å². The molecule has 116 valence electrons. The van der Waals surface area contributed by atoms with Crippen molar-refractivity contribution in [3.05, 3.63) is 88.6 Å². The van der Waals surface area contributed by atoms with Gasteiger partial charge in [-0.25, -0.2) is 9.79 Å². The molecule has 1 aliphatic heterocycles. The zero-order valence-electron chi connectivity index (χ0n) is 12.6. The number of halogens is 1. The molecule has 0 N–H and O–H groups in total. The summed E-state index contributed by atoms with van der Waals surface area (Å²) in [6.45, 7) is 0. The molecule has 0 fully saturated rings. The Kier molecular flexibility index (Phi) is 3.63. The van der Waals surface area contributed by atoms with Crippen molar-refractivity contribution in [3.63, 3.8) is 0 Å². The molecular formula is C20H12ClNO2. The van der Waals surface area contributed by atoms with E-state index in [-0.39, 0.29) is 5.70 Å². The van der Waals surface area contributed by atoms with Gasteiger partial charge in [0.2, 0.25) is 5.90 Å². The van der Waals surface area contributed by atoms with Crippen molar-refractivity contribution < 1.29 is 9.53 Å². The molecule has 3 aromatic rings. The van der Waals surface area contributed by atoms with Crippen molar-refractivity contribution in [3.8, 4) is 0 Å². The summed E-state index contributed by atoms with van der Waals surface area (Å²) < 4.78 is 5.26. The normalized spacial score (nSPS) is 15.6. The van der Waals surface area contributed by atoms with Crippen LogP contribution < -0.4 is 0 Å². The first-order chi connectivity index (χ1) is 11.7. The molecule has 0 aromatic heterocycles. The maximum Gasteiger partial charge on any atom is 0.363 e. The molecule has 0 saturated heterocycles. The molecule has 0 spiro atoms.